The third-order valence-electron chi connectivity index (χ3n) is 3.45. The number of benzene rings is 1. The Balaban J connectivity index is 2.07. The third kappa shape index (κ3) is 2.98. The molecule has 0 aliphatic carbocycles. The van der Waals surface area contributed by atoms with E-state index in [1.807, 2.05) is 30.5 Å². The van der Waals surface area contributed by atoms with Gasteiger partial charge in [0.15, 0.2) is 10.7 Å². The van der Waals surface area contributed by atoms with Gasteiger partial charge in [-0.2, -0.15) is 0 Å². The molecule has 122 valence electrons. The van der Waals surface area contributed by atoms with Gasteiger partial charge >= 0.3 is 5.97 Å². The maximum absolute atomic E-state index is 12.5. The summed E-state index contributed by atoms with van der Waals surface area (Å²) in [6, 6.07) is 7.55. The number of carboxylic acids is 1. The molecule has 0 bridgehead atoms. The molecule has 1 aromatic carbocycles. The van der Waals surface area contributed by atoms with E-state index in [0.29, 0.717) is 10.7 Å². The fourth-order valence-electron chi connectivity index (χ4n) is 2.31. The molecule has 0 spiro atoms. The van der Waals surface area contributed by atoms with Gasteiger partial charge in [0.25, 0.3) is 0 Å². The fourth-order valence-corrected chi connectivity index (χ4v) is 3.43. The van der Waals surface area contributed by atoms with Gasteiger partial charge in [0.05, 0.1) is 6.42 Å². The standard InChI is InChI=1S/C16H12N2O4S2/c1-23-10-4-2-9(3-5-10)13-14(11(19)8-12(20)15(21)22)18-6-7-24-16(18)17-13/h2-7H,8H2,1H3,(H,21,22). The van der Waals surface area contributed by atoms with Crippen LogP contribution in [-0.4, -0.2) is 38.3 Å². The Morgan fingerprint density at radius 1 is 1.25 bits per heavy atom. The van der Waals surface area contributed by atoms with Gasteiger partial charge in [-0.3, -0.25) is 14.0 Å². The summed E-state index contributed by atoms with van der Waals surface area (Å²) >= 11 is 2.96. The quantitative estimate of drug-likeness (QED) is 0.315. The van der Waals surface area contributed by atoms with Gasteiger partial charge in [0.2, 0.25) is 5.78 Å². The number of hydrogen-bond acceptors (Lipinski definition) is 6. The number of ketones is 2. The average molecular weight is 360 g/mol. The molecule has 0 atom stereocenters. The normalized spacial score (nSPS) is 10.9. The van der Waals surface area contributed by atoms with Gasteiger partial charge in [0.1, 0.15) is 11.4 Å². The molecule has 0 fully saturated rings. The number of hydrogen-bond donors (Lipinski definition) is 1. The van der Waals surface area contributed by atoms with E-state index >= 15 is 0 Å². The molecule has 0 saturated carbocycles. The molecule has 2 aromatic heterocycles. The maximum Gasteiger partial charge on any atom is 0.372 e. The Bertz CT molecular complexity index is 941. The van der Waals surface area contributed by atoms with E-state index in [0.717, 1.165) is 10.5 Å². The van der Waals surface area contributed by atoms with Crippen LogP contribution in [0.15, 0.2) is 40.7 Å². The first-order valence-corrected chi connectivity index (χ1v) is 9.01. The van der Waals surface area contributed by atoms with Crippen LogP contribution in [0.25, 0.3) is 16.2 Å². The Morgan fingerprint density at radius 3 is 2.58 bits per heavy atom. The summed E-state index contributed by atoms with van der Waals surface area (Å²) in [5, 5.41) is 10.5. The summed E-state index contributed by atoms with van der Waals surface area (Å²) in [7, 11) is 0. The van der Waals surface area contributed by atoms with Gasteiger partial charge < -0.3 is 5.11 Å². The highest BCUT2D eigenvalue weighted by Gasteiger charge is 2.25. The average Bonchev–Trinajstić information content (AvgIpc) is 3.15. The minimum Gasteiger partial charge on any atom is -0.475 e. The van der Waals surface area contributed by atoms with Gasteiger partial charge in [0, 0.05) is 22.0 Å². The summed E-state index contributed by atoms with van der Waals surface area (Å²) in [5.41, 5.74) is 1.44. The number of aromatic nitrogens is 2. The van der Waals surface area contributed by atoms with E-state index in [4.69, 9.17) is 5.11 Å². The highest BCUT2D eigenvalue weighted by atomic mass is 32.2. The predicted molar refractivity (Wildman–Crippen MR) is 91.9 cm³/mol. The van der Waals surface area contributed by atoms with Gasteiger partial charge in [-0.25, -0.2) is 9.78 Å². The van der Waals surface area contributed by atoms with E-state index < -0.39 is 24.0 Å². The first-order chi connectivity index (χ1) is 11.5. The first-order valence-electron chi connectivity index (χ1n) is 6.90. The van der Waals surface area contributed by atoms with Crippen LogP contribution in [0.2, 0.25) is 0 Å². The number of carboxylic acid groups (broad SMARTS) is 1. The maximum atomic E-state index is 12.5. The first kappa shape index (κ1) is 16.4. The second-order valence-corrected chi connectivity index (χ2v) is 6.67. The van der Waals surface area contributed by atoms with Crippen molar-refractivity contribution in [2.75, 3.05) is 6.26 Å². The lowest BCUT2D eigenvalue weighted by molar-refractivity contribution is -0.148. The topological polar surface area (TPSA) is 88.7 Å². The number of rotatable bonds is 6. The van der Waals surface area contributed by atoms with Crippen LogP contribution in [0.4, 0.5) is 0 Å². The van der Waals surface area contributed by atoms with Crippen molar-refractivity contribution in [3.8, 4) is 11.3 Å². The van der Waals surface area contributed by atoms with Gasteiger partial charge in [-0.05, 0) is 18.4 Å². The predicted octanol–water partition coefficient (Wildman–Crippen LogP) is 3.01. The molecular formula is C16H12N2O4S2. The van der Waals surface area contributed by atoms with Crippen molar-refractivity contribution in [1.82, 2.24) is 9.38 Å². The Kier molecular flexibility index (Phi) is 4.50. The van der Waals surface area contributed by atoms with Crippen molar-refractivity contribution in [1.29, 1.82) is 0 Å². The highest BCUT2D eigenvalue weighted by molar-refractivity contribution is 7.98. The summed E-state index contributed by atoms with van der Waals surface area (Å²) in [6.07, 6.45) is 2.97. The molecule has 0 unspecified atom stereocenters. The minimum absolute atomic E-state index is 0.234. The van der Waals surface area contributed by atoms with E-state index in [9.17, 15) is 14.4 Å². The Hall–Kier alpha value is -2.45. The molecule has 8 heteroatoms. The van der Waals surface area contributed by atoms with E-state index in [-0.39, 0.29) is 5.69 Å². The van der Waals surface area contributed by atoms with Crippen molar-refractivity contribution in [3.05, 3.63) is 41.5 Å². The number of thiazole rings is 1. The van der Waals surface area contributed by atoms with Gasteiger partial charge in [-0.15, -0.1) is 23.1 Å². The monoisotopic (exact) mass is 360 g/mol. The Labute approximate surface area is 145 Å². The lowest BCUT2D eigenvalue weighted by Gasteiger charge is -2.04. The number of aliphatic carboxylic acids is 1. The van der Waals surface area contributed by atoms with E-state index in [2.05, 4.69) is 4.98 Å². The smallest absolute Gasteiger partial charge is 0.372 e. The molecule has 0 radical (unpaired) electrons. The lowest BCUT2D eigenvalue weighted by Crippen LogP contribution is -2.18. The molecule has 0 amide bonds. The molecule has 0 saturated heterocycles. The van der Waals surface area contributed by atoms with Crippen LogP contribution >= 0.6 is 23.1 Å². The van der Waals surface area contributed by atoms with Crippen LogP contribution in [0.1, 0.15) is 16.9 Å². The van der Waals surface area contributed by atoms with Crippen LogP contribution < -0.4 is 0 Å². The number of carbonyl (C=O) groups excluding carboxylic acids is 2. The van der Waals surface area contributed by atoms with Crippen LogP contribution in [0.3, 0.4) is 0 Å². The zero-order chi connectivity index (χ0) is 17.3. The van der Waals surface area contributed by atoms with Gasteiger partial charge in [-0.1, -0.05) is 12.1 Å². The molecule has 0 aliphatic rings. The zero-order valence-electron chi connectivity index (χ0n) is 12.6. The summed E-state index contributed by atoms with van der Waals surface area (Å²) in [5.74, 6) is -3.30. The number of Topliss-reactive ketones (excluding diaryl/α,β-unsaturated/α-hetero) is 2. The number of carbonyl (C=O) groups is 3. The zero-order valence-corrected chi connectivity index (χ0v) is 14.2. The molecule has 3 rings (SSSR count). The summed E-state index contributed by atoms with van der Waals surface area (Å²) in [4.78, 5) is 40.8. The van der Waals surface area contributed by atoms with Crippen LogP contribution in [0, 0.1) is 0 Å². The largest absolute Gasteiger partial charge is 0.475 e. The highest BCUT2D eigenvalue weighted by Crippen LogP contribution is 2.29. The fraction of sp³-hybridized carbons (Fsp3) is 0.125. The molecule has 2 heterocycles. The minimum atomic E-state index is -1.61. The number of imidazole rings is 1. The van der Waals surface area contributed by atoms with E-state index in [1.54, 1.807) is 27.7 Å². The third-order valence-corrected chi connectivity index (χ3v) is 4.95. The molecule has 0 aliphatic heterocycles. The number of fused-ring (bicyclic) bond motifs is 1. The molecule has 1 N–H and O–H groups in total. The second-order valence-electron chi connectivity index (χ2n) is 4.92. The van der Waals surface area contributed by atoms with Crippen molar-refractivity contribution in [2.45, 2.75) is 11.3 Å². The van der Waals surface area contributed by atoms with Crippen LogP contribution in [0.5, 0.6) is 0 Å². The second kappa shape index (κ2) is 6.58. The summed E-state index contributed by atoms with van der Waals surface area (Å²) in [6.45, 7) is 0. The number of thioether (sulfide) groups is 1. The number of nitrogens with zero attached hydrogens (tertiary/aromatic N) is 2. The Morgan fingerprint density at radius 2 is 1.96 bits per heavy atom. The SMILES string of the molecule is CSc1ccc(-c2nc3sccn3c2C(=O)CC(=O)C(=O)O)cc1. The van der Waals surface area contributed by atoms with Crippen molar-refractivity contribution in [3.63, 3.8) is 0 Å². The summed E-state index contributed by atoms with van der Waals surface area (Å²) < 4.78 is 1.60. The molecule has 3 aromatic rings. The van der Waals surface area contributed by atoms with Crippen LogP contribution in [-0.2, 0) is 9.59 Å². The molecular weight excluding hydrogens is 348 g/mol. The van der Waals surface area contributed by atoms with E-state index in [1.165, 1.54) is 11.3 Å². The molecule has 6 nitrogen and oxygen atoms in total. The van der Waals surface area contributed by atoms with Crippen molar-refractivity contribution >= 4 is 45.6 Å². The van der Waals surface area contributed by atoms with Crippen molar-refractivity contribution in [2.24, 2.45) is 0 Å². The lowest BCUT2D eigenvalue weighted by atomic mass is 10.1. The van der Waals surface area contributed by atoms with Crippen molar-refractivity contribution < 1.29 is 19.5 Å². The molecule has 24 heavy (non-hydrogen) atoms.